The van der Waals surface area contributed by atoms with E-state index in [-0.39, 0.29) is 23.9 Å². The molecule has 1 heterocycles. The number of carboxylic acids is 1. The van der Waals surface area contributed by atoms with Crippen molar-refractivity contribution < 1.29 is 24.2 Å². The van der Waals surface area contributed by atoms with Gasteiger partial charge < -0.3 is 14.7 Å². The number of nitrogens with one attached hydrogen (secondary N) is 1. The van der Waals surface area contributed by atoms with Crippen molar-refractivity contribution in [2.75, 3.05) is 13.2 Å². The lowest BCUT2D eigenvalue weighted by Gasteiger charge is -2.29. The van der Waals surface area contributed by atoms with E-state index in [1.54, 1.807) is 13.8 Å². The highest BCUT2D eigenvalue weighted by molar-refractivity contribution is 5.88. The number of carboxylic acid groups (broad SMARTS) is 1. The summed E-state index contributed by atoms with van der Waals surface area (Å²) >= 11 is 0. The molecule has 2 N–H and O–H groups in total. The minimum Gasteiger partial charge on any atom is -0.480 e. The van der Waals surface area contributed by atoms with Gasteiger partial charge in [0.15, 0.2) is 0 Å². The van der Waals surface area contributed by atoms with Gasteiger partial charge in [0.05, 0.1) is 12.6 Å². The molecule has 0 bridgehead atoms. The van der Waals surface area contributed by atoms with Crippen molar-refractivity contribution in [1.82, 2.24) is 10.2 Å². The number of nitrogens with zero attached hydrogens (tertiary/aromatic N) is 1. The minimum absolute atomic E-state index is 0.0632. The monoisotopic (exact) mass is 430 g/mol. The van der Waals surface area contributed by atoms with Crippen LogP contribution in [0, 0.1) is 5.41 Å². The van der Waals surface area contributed by atoms with Crippen molar-refractivity contribution in [1.29, 1.82) is 0 Å². The van der Waals surface area contributed by atoms with Crippen molar-refractivity contribution in [3.05, 3.63) is 35.9 Å². The fourth-order valence-electron chi connectivity index (χ4n) is 5.09. The maximum Gasteiger partial charge on any atom is 0.326 e. The van der Waals surface area contributed by atoms with E-state index >= 15 is 0 Å². The van der Waals surface area contributed by atoms with E-state index in [2.05, 4.69) is 5.32 Å². The number of carbonyl (C=O) groups excluding carboxylic acids is 2. The molecule has 0 radical (unpaired) electrons. The second-order valence-corrected chi connectivity index (χ2v) is 8.95. The Balaban J connectivity index is 1.67. The van der Waals surface area contributed by atoms with Crippen LogP contribution >= 0.6 is 0 Å². The molecular weight excluding hydrogens is 396 g/mol. The Morgan fingerprint density at radius 1 is 1.23 bits per heavy atom. The topological polar surface area (TPSA) is 95.9 Å². The van der Waals surface area contributed by atoms with Crippen LogP contribution in [0.3, 0.4) is 0 Å². The molecule has 2 fully saturated rings. The lowest BCUT2D eigenvalue weighted by molar-refractivity contribution is -0.150. The molecule has 3 rings (SSSR count). The van der Waals surface area contributed by atoms with Gasteiger partial charge in [0.25, 0.3) is 0 Å². The highest BCUT2D eigenvalue weighted by Crippen LogP contribution is 2.47. The third-order valence-electron chi connectivity index (χ3n) is 6.70. The predicted molar refractivity (Wildman–Crippen MR) is 116 cm³/mol. The van der Waals surface area contributed by atoms with E-state index in [0.717, 1.165) is 31.2 Å². The van der Waals surface area contributed by atoms with E-state index in [9.17, 15) is 19.5 Å². The molecule has 1 unspecified atom stereocenters. The van der Waals surface area contributed by atoms with E-state index < -0.39 is 24.1 Å². The smallest absolute Gasteiger partial charge is 0.326 e. The Bertz CT molecular complexity index is 775. The van der Waals surface area contributed by atoms with Crippen LogP contribution in [0.5, 0.6) is 0 Å². The van der Waals surface area contributed by atoms with Crippen LogP contribution in [0.2, 0.25) is 0 Å². The highest BCUT2D eigenvalue weighted by atomic mass is 16.5. The summed E-state index contributed by atoms with van der Waals surface area (Å²) in [5.74, 6) is -1.60. The lowest BCUT2D eigenvalue weighted by Crippen LogP contribution is -2.53. The average molecular weight is 431 g/mol. The molecule has 2 aliphatic rings. The zero-order chi connectivity index (χ0) is 22.4. The maximum absolute atomic E-state index is 13.2. The van der Waals surface area contributed by atoms with Gasteiger partial charge in [-0.3, -0.25) is 14.9 Å². The molecule has 1 aliphatic carbocycles. The zero-order valence-electron chi connectivity index (χ0n) is 18.5. The predicted octanol–water partition coefficient (Wildman–Crippen LogP) is 2.77. The van der Waals surface area contributed by atoms with Crippen LogP contribution in [-0.4, -0.2) is 59.1 Å². The fourth-order valence-corrected chi connectivity index (χ4v) is 5.09. The summed E-state index contributed by atoms with van der Waals surface area (Å²) in [7, 11) is 0. The summed E-state index contributed by atoms with van der Waals surface area (Å²) in [5, 5.41) is 12.8. The maximum atomic E-state index is 13.2. The lowest BCUT2D eigenvalue weighted by atomic mass is 9.84. The molecule has 0 aromatic heterocycles. The van der Waals surface area contributed by atoms with Crippen LogP contribution in [0.25, 0.3) is 0 Å². The number of aryl methyl sites for hydroxylation is 1. The molecule has 1 saturated heterocycles. The Hall–Kier alpha value is -2.41. The molecule has 1 saturated carbocycles. The number of likely N-dealkylation sites (tertiary alicyclic amines) is 1. The van der Waals surface area contributed by atoms with Gasteiger partial charge in [0.1, 0.15) is 12.1 Å². The summed E-state index contributed by atoms with van der Waals surface area (Å²) < 4.78 is 5.21. The number of benzene rings is 1. The molecule has 1 amide bonds. The van der Waals surface area contributed by atoms with Gasteiger partial charge in [-0.1, -0.05) is 43.2 Å². The Morgan fingerprint density at radius 3 is 2.52 bits per heavy atom. The number of hydrogen-bond donors (Lipinski definition) is 2. The molecule has 1 aliphatic heterocycles. The SMILES string of the molecule is CCOC(=O)[C@H](CCc1ccccc1)NC(C)C(=O)N1CC2(CCCC2)C[C@H]1C(=O)O. The molecule has 7 nitrogen and oxygen atoms in total. The molecule has 1 spiro atoms. The molecule has 7 heteroatoms. The Kier molecular flexibility index (Phi) is 7.70. The second kappa shape index (κ2) is 10.3. The van der Waals surface area contributed by atoms with E-state index in [4.69, 9.17) is 4.74 Å². The van der Waals surface area contributed by atoms with Gasteiger partial charge in [-0.2, -0.15) is 0 Å². The third-order valence-corrected chi connectivity index (χ3v) is 6.70. The minimum atomic E-state index is -0.949. The highest BCUT2D eigenvalue weighted by Gasteiger charge is 2.50. The first-order chi connectivity index (χ1) is 14.8. The van der Waals surface area contributed by atoms with Crippen LogP contribution in [0.1, 0.15) is 57.9 Å². The molecule has 3 atom stereocenters. The normalized spacial score (nSPS) is 21.7. The van der Waals surface area contributed by atoms with Gasteiger partial charge in [0, 0.05) is 6.54 Å². The molecule has 1 aromatic carbocycles. The van der Waals surface area contributed by atoms with E-state index in [1.807, 2.05) is 30.3 Å². The number of aliphatic carboxylic acids is 1. The number of rotatable bonds is 9. The first kappa shape index (κ1) is 23.3. The van der Waals surface area contributed by atoms with Crippen molar-refractivity contribution in [3.8, 4) is 0 Å². The number of ether oxygens (including phenoxy) is 1. The Morgan fingerprint density at radius 2 is 1.90 bits per heavy atom. The van der Waals surface area contributed by atoms with Crippen LogP contribution in [0.15, 0.2) is 30.3 Å². The number of carbonyl (C=O) groups is 3. The van der Waals surface area contributed by atoms with Gasteiger partial charge in [-0.25, -0.2) is 4.79 Å². The fraction of sp³-hybridized carbons (Fsp3) is 0.625. The van der Waals surface area contributed by atoms with Crippen LogP contribution in [-0.2, 0) is 25.5 Å². The molecule has 170 valence electrons. The Labute approximate surface area is 184 Å². The summed E-state index contributed by atoms with van der Waals surface area (Å²) in [6, 6.07) is 7.74. The zero-order valence-corrected chi connectivity index (χ0v) is 18.5. The molecule has 1 aromatic rings. The summed E-state index contributed by atoms with van der Waals surface area (Å²) in [6.45, 7) is 4.21. The first-order valence-electron chi connectivity index (χ1n) is 11.3. The number of hydrogen-bond acceptors (Lipinski definition) is 5. The van der Waals surface area contributed by atoms with Crippen LogP contribution in [0.4, 0.5) is 0 Å². The van der Waals surface area contributed by atoms with Gasteiger partial charge in [0.2, 0.25) is 5.91 Å². The van der Waals surface area contributed by atoms with E-state index in [1.165, 1.54) is 4.90 Å². The number of amides is 1. The second-order valence-electron chi connectivity index (χ2n) is 8.95. The quantitative estimate of drug-likeness (QED) is 0.585. The van der Waals surface area contributed by atoms with Crippen molar-refractivity contribution in [3.63, 3.8) is 0 Å². The third kappa shape index (κ3) is 5.64. The molecule has 31 heavy (non-hydrogen) atoms. The summed E-state index contributed by atoms with van der Waals surface area (Å²) in [6.07, 6.45) is 5.82. The van der Waals surface area contributed by atoms with Crippen LogP contribution < -0.4 is 5.32 Å². The van der Waals surface area contributed by atoms with Gasteiger partial charge in [-0.15, -0.1) is 0 Å². The first-order valence-corrected chi connectivity index (χ1v) is 11.3. The number of esters is 1. The largest absolute Gasteiger partial charge is 0.480 e. The standard InChI is InChI=1S/C24H34N2O5/c1-3-31-23(30)19(12-11-18-9-5-4-6-10-18)25-17(2)21(27)26-16-24(13-7-8-14-24)15-20(26)22(28)29/h4-6,9-10,17,19-20,25H,3,7-8,11-16H2,1-2H3,(H,28,29)/t17?,19-,20-/m0/s1. The van der Waals surface area contributed by atoms with Gasteiger partial charge in [-0.05, 0) is 56.9 Å². The summed E-state index contributed by atoms with van der Waals surface area (Å²) in [5.41, 5.74) is 1.04. The van der Waals surface area contributed by atoms with E-state index in [0.29, 0.717) is 25.8 Å². The summed E-state index contributed by atoms with van der Waals surface area (Å²) in [4.78, 5) is 39.1. The average Bonchev–Trinajstić information content (AvgIpc) is 3.38. The molecular formula is C24H34N2O5. The van der Waals surface area contributed by atoms with Crippen molar-refractivity contribution in [2.24, 2.45) is 5.41 Å². The van der Waals surface area contributed by atoms with Gasteiger partial charge >= 0.3 is 11.9 Å². The van der Waals surface area contributed by atoms with Crippen molar-refractivity contribution >= 4 is 17.8 Å². The van der Waals surface area contributed by atoms with Crippen molar-refractivity contribution in [2.45, 2.75) is 76.9 Å².